The minimum absolute atomic E-state index is 0.0992. The lowest BCUT2D eigenvalue weighted by Crippen LogP contribution is -2.28. The highest BCUT2D eigenvalue weighted by Gasteiger charge is 2.31. The van der Waals surface area contributed by atoms with Crippen LogP contribution in [0.3, 0.4) is 0 Å². The van der Waals surface area contributed by atoms with Crippen molar-refractivity contribution in [3.63, 3.8) is 0 Å². The van der Waals surface area contributed by atoms with E-state index in [1.54, 1.807) is 24.3 Å². The summed E-state index contributed by atoms with van der Waals surface area (Å²) in [4.78, 5) is 28.8. The van der Waals surface area contributed by atoms with Gasteiger partial charge in [0.15, 0.2) is 5.17 Å². The van der Waals surface area contributed by atoms with E-state index in [0.29, 0.717) is 29.1 Å². The SMILES string of the molecule is CC(C)CCN=C1NC(=O)[C@H](CC(=O)Nc2ccc(Oc3ccccc3)cc2)S1. The van der Waals surface area contributed by atoms with Crippen LogP contribution < -0.4 is 15.4 Å². The van der Waals surface area contributed by atoms with Crippen molar-refractivity contribution in [2.24, 2.45) is 10.9 Å². The van der Waals surface area contributed by atoms with Gasteiger partial charge in [-0.3, -0.25) is 14.6 Å². The fourth-order valence-corrected chi connectivity index (χ4v) is 3.65. The molecule has 0 saturated carbocycles. The van der Waals surface area contributed by atoms with Crippen LogP contribution in [-0.4, -0.2) is 28.8 Å². The Hall–Kier alpha value is -2.80. The van der Waals surface area contributed by atoms with E-state index >= 15 is 0 Å². The van der Waals surface area contributed by atoms with Gasteiger partial charge in [0.25, 0.3) is 0 Å². The molecule has 1 fully saturated rings. The first kappa shape index (κ1) is 20.9. The summed E-state index contributed by atoms with van der Waals surface area (Å²) >= 11 is 1.32. The number of ether oxygens (including phenoxy) is 1. The Morgan fingerprint density at radius 3 is 2.52 bits per heavy atom. The number of carbonyl (C=O) groups is 2. The zero-order chi connectivity index (χ0) is 20.6. The van der Waals surface area contributed by atoms with Crippen LogP contribution in [0.25, 0.3) is 0 Å². The number of para-hydroxylation sites is 1. The Labute approximate surface area is 175 Å². The molecule has 7 heteroatoms. The molecule has 2 aromatic rings. The third-order valence-corrected chi connectivity index (χ3v) is 5.35. The summed E-state index contributed by atoms with van der Waals surface area (Å²) in [6.45, 7) is 4.94. The number of thioether (sulfide) groups is 1. The lowest BCUT2D eigenvalue weighted by molar-refractivity contribution is -0.122. The van der Waals surface area contributed by atoms with Gasteiger partial charge in [-0.15, -0.1) is 0 Å². The molecular weight excluding hydrogens is 386 g/mol. The van der Waals surface area contributed by atoms with Crippen molar-refractivity contribution in [3.8, 4) is 11.5 Å². The average molecular weight is 412 g/mol. The van der Waals surface area contributed by atoms with Gasteiger partial charge in [0.2, 0.25) is 11.8 Å². The standard InChI is InChI=1S/C22H25N3O3S/c1-15(2)12-13-23-22-25-21(27)19(29-22)14-20(26)24-16-8-10-18(11-9-16)28-17-6-4-3-5-7-17/h3-11,15,19H,12-14H2,1-2H3,(H,24,26)(H,23,25,27)/t19-/m0/s1. The molecule has 1 aliphatic heterocycles. The molecular formula is C22H25N3O3S. The number of nitrogens with one attached hydrogen (secondary N) is 2. The quantitative estimate of drug-likeness (QED) is 0.673. The molecule has 6 nitrogen and oxygen atoms in total. The molecule has 1 aliphatic rings. The van der Waals surface area contributed by atoms with Gasteiger partial charge in [-0.2, -0.15) is 0 Å². The number of rotatable bonds is 8. The molecule has 0 radical (unpaired) electrons. The van der Waals surface area contributed by atoms with Gasteiger partial charge in [-0.1, -0.05) is 43.8 Å². The molecule has 1 heterocycles. The van der Waals surface area contributed by atoms with Crippen molar-refractivity contribution >= 4 is 34.4 Å². The maximum Gasteiger partial charge on any atom is 0.240 e. The van der Waals surface area contributed by atoms with Crippen LogP contribution in [0.1, 0.15) is 26.7 Å². The van der Waals surface area contributed by atoms with E-state index in [2.05, 4.69) is 29.5 Å². The largest absolute Gasteiger partial charge is 0.457 e. The third kappa shape index (κ3) is 6.64. The second kappa shape index (κ2) is 10.1. The fraction of sp³-hybridized carbons (Fsp3) is 0.318. The van der Waals surface area contributed by atoms with Gasteiger partial charge in [-0.05, 0) is 48.7 Å². The molecule has 2 amide bonds. The molecule has 1 saturated heterocycles. The Morgan fingerprint density at radius 1 is 1.14 bits per heavy atom. The number of hydrogen-bond acceptors (Lipinski definition) is 5. The second-order valence-electron chi connectivity index (χ2n) is 7.16. The summed E-state index contributed by atoms with van der Waals surface area (Å²) in [5.74, 6) is 1.62. The van der Waals surface area contributed by atoms with Crippen molar-refractivity contribution in [3.05, 3.63) is 54.6 Å². The second-order valence-corrected chi connectivity index (χ2v) is 8.35. The molecule has 0 spiro atoms. The molecule has 0 unspecified atom stereocenters. The van der Waals surface area contributed by atoms with Crippen molar-refractivity contribution in [1.29, 1.82) is 0 Å². The molecule has 2 N–H and O–H groups in total. The molecule has 2 aromatic carbocycles. The van der Waals surface area contributed by atoms with E-state index in [0.717, 1.165) is 12.2 Å². The number of benzene rings is 2. The molecule has 29 heavy (non-hydrogen) atoms. The fourth-order valence-electron chi connectivity index (χ4n) is 2.65. The summed E-state index contributed by atoms with van der Waals surface area (Å²) < 4.78 is 5.74. The van der Waals surface area contributed by atoms with E-state index in [-0.39, 0.29) is 18.2 Å². The minimum Gasteiger partial charge on any atom is -0.457 e. The van der Waals surface area contributed by atoms with Crippen LogP contribution >= 0.6 is 11.8 Å². The maximum absolute atomic E-state index is 12.3. The smallest absolute Gasteiger partial charge is 0.240 e. The first-order chi connectivity index (χ1) is 14.0. The van der Waals surface area contributed by atoms with Crippen molar-refractivity contribution < 1.29 is 14.3 Å². The monoisotopic (exact) mass is 411 g/mol. The van der Waals surface area contributed by atoms with Gasteiger partial charge in [-0.25, -0.2) is 0 Å². The molecule has 0 aliphatic carbocycles. The zero-order valence-corrected chi connectivity index (χ0v) is 17.4. The van der Waals surface area contributed by atoms with Crippen molar-refractivity contribution in [2.75, 3.05) is 11.9 Å². The lowest BCUT2D eigenvalue weighted by Gasteiger charge is -2.09. The predicted octanol–water partition coefficient (Wildman–Crippen LogP) is 4.44. The zero-order valence-electron chi connectivity index (χ0n) is 16.6. The molecule has 0 aromatic heterocycles. The highest BCUT2D eigenvalue weighted by molar-refractivity contribution is 8.15. The molecule has 0 bridgehead atoms. The van der Waals surface area contributed by atoms with Crippen molar-refractivity contribution in [1.82, 2.24) is 5.32 Å². The van der Waals surface area contributed by atoms with E-state index in [9.17, 15) is 9.59 Å². The van der Waals surface area contributed by atoms with Gasteiger partial charge in [0.05, 0.1) is 0 Å². The summed E-state index contributed by atoms with van der Waals surface area (Å²) in [6, 6.07) is 16.6. The molecule has 152 valence electrons. The first-order valence-electron chi connectivity index (χ1n) is 9.64. The number of amidine groups is 1. The Balaban J connectivity index is 1.48. The van der Waals surface area contributed by atoms with Gasteiger partial charge >= 0.3 is 0 Å². The van der Waals surface area contributed by atoms with E-state index in [1.807, 2.05) is 30.3 Å². The molecule has 1 atom stereocenters. The predicted molar refractivity (Wildman–Crippen MR) is 117 cm³/mol. The third-order valence-electron chi connectivity index (χ3n) is 4.23. The summed E-state index contributed by atoms with van der Waals surface area (Å²) in [5.41, 5.74) is 0.657. The van der Waals surface area contributed by atoms with E-state index in [1.165, 1.54) is 11.8 Å². The number of nitrogens with zero attached hydrogens (tertiary/aromatic N) is 1. The van der Waals surface area contributed by atoms with Crippen LogP contribution in [0.5, 0.6) is 11.5 Å². The number of hydrogen-bond donors (Lipinski definition) is 2. The summed E-state index contributed by atoms with van der Waals surface area (Å²) in [5, 5.41) is 5.74. The number of carbonyl (C=O) groups excluding carboxylic acids is 2. The first-order valence-corrected chi connectivity index (χ1v) is 10.5. The highest BCUT2D eigenvalue weighted by Crippen LogP contribution is 2.25. The summed E-state index contributed by atoms with van der Waals surface area (Å²) in [6.07, 6.45) is 1.07. The van der Waals surface area contributed by atoms with Gasteiger partial charge < -0.3 is 15.4 Å². The lowest BCUT2D eigenvalue weighted by atomic mass is 10.1. The Kier molecular flexibility index (Phi) is 7.30. The number of amides is 2. The van der Waals surface area contributed by atoms with Gasteiger partial charge in [0, 0.05) is 18.7 Å². The topological polar surface area (TPSA) is 79.8 Å². The van der Waals surface area contributed by atoms with E-state index < -0.39 is 5.25 Å². The summed E-state index contributed by atoms with van der Waals surface area (Å²) in [7, 11) is 0. The van der Waals surface area contributed by atoms with Crippen LogP contribution in [0.2, 0.25) is 0 Å². The highest BCUT2D eigenvalue weighted by atomic mass is 32.2. The van der Waals surface area contributed by atoms with Crippen LogP contribution in [0, 0.1) is 5.92 Å². The average Bonchev–Trinajstić information content (AvgIpc) is 3.03. The van der Waals surface area contributed by atoms with E-state index in [4.69, 9.17) is 4.74 Å². The normalized spacial score (nSPS) is 17.4. The van der Waals surface area contributed by atoms with Crippen LogP contribution in [0.4, 0.5) is 5.69 Å². The van der Waals surface area contributed by atoms with Gasteiger partial charge in [0.1, 0.15) is 16.7 Å². The Bertz CT molecular complexity index is 867. The Morgan fingerprint density at radius 2 is 1.83 bits per heavy atom. The number of aliphatic imine (C=N–C) groups is 1. The minimum atomic E-state index is -0.450. The van der Waals surface area contributed by atoms with Crippen LogP contribution in [0.15, 0.2) is 59.6 Å². The van der Waals surface area contributed by atoms with Crippen LogP contribution in [-0.2, 0) is 9.59 Å². The maximum atomic E-state index is 12.3. The van der Waals surface area contributed by atoms with Crippen molar-refractivity contribution in [2.45, 2.75) is 31.9 Å². The number of anilines is 1. The molecule has 3 rings (SSSR count).